The summed E-state index contributed by atoms with van der Waals surface area (Å²) in [6.07, 6.45) is 8.06. The zero-order chi connectivity index (χ0) is 14.3. The maximum Gasteiger partial charge on any atom is 0.0558 e. The minimum Gasteiger partial charge on any atom is -0.121 e. The van der Waals surface area contributed by atoms with E-state index in [1.54, 1.807) is 0 Å². The summed E-state index contributed by atoms with van der Waals surface area (Å²) in [5.74, 6) is 8.42. The van der Waals surface area contributed by atoms with Crippen LogP contribution >= 0.6 is 11.8 Å². The van der Waals surface area contributed by atoms with E-state index in [1.165, 1.54) is 10.5 Å². The molecule has 0 nitrogen and oxygen atoms in total. The second-order valence-electron chi connectivity index (χ2n) is 4.72. The van der Waals surface area contributed by atoms with Crippen LogP contribution in [0, 0.1) is 43.4 Å². The quantitative estimate of drug-likeness (QED) is 0.580. The standard InChI is InChI=1S/C20H15S/c1-2-8-19(9-3-1)16-21-20-14-12-18(13-15-20)11-10-17-6-4-5-7-17/h1-9,12-15H,16H2. The van der Waals surface area contributed by atoms with Crippen LogP contribution in [0.3, 0.4) is 0 Å². The van der Waals surface area contributed by atoms with Crippen molar-refractivity contribution in [3.05, 3.63) is 97.3 Å². The fourth-order valence-electron chi connectivity index (χ4n) is 1.98. The molecule has 101 valence electrons. The van der Waals surface area contributed by atoms with E-state index in [1.807, 2.05) is 43.5 Å². The molecule has 0 unspecified atom stereocenters. The van der Waals surface area contributed by atoms with E-state index in [0.717, 1.165) is 17.2 Å². The van der Waals surface area contributed by atoms with Gasteiger partial charge in [0.05, 0.1) is 5.92 Å². The molecule has 1 aliphatic rings. The van der Waals surface area contributed by atoms with Crippen molar-refractivity contribution in [3.63, 3.8) is 0 Å². The lowest BCUT2D eigenvalue weighted by Crippen LogP contribution is -1.85. The largest absolute Gasteiger partial charge is 0.121 e. The third kappa shape index (κ3) is 4.41. The van der Waals surface area contributed by atoms with Gasteiger partial charge in [-0.1, -0.05) is 42.2 Å². The van der Waals surface area contributed by atoms with E-state index < -0.39 is 0 Å². The summed E-state index contributed by atoms with van der Waals surface area (Å²) in [6.45, 7) is 0. The van der Waals surface area contributed by atoms with Crippen molar-refractivity contribution in [1.29, 1.82) is 0 Å². The number of hydrogen-bond acceptors (Lipinski definition) is 1. The topological polar surface area (TPSA) is 0 Å². The van der Waals surface area contributed by atoms with E-state index in [9.17, 15) is 0 Å². The molecule has 0 heterocycles. The Labute approximate surface area is 132 Å². The fraction of sp³-hybridized carbons (Fsp3) is 0.0500. The molecule has 3 rings (SSSR count). The highest BCUT2D eigenvalue weighted by Gasteiger charge is 2.13. The summed E-state index contributed by atoms with van der Waals surface area (Å²) in [5, 5.41) is 0. The number of hydrogen-bond donors (Lipinski definition) is 0. The number of benzene rings is 2. The predicted molar refractivity (Wildman–Crippen MR) is 89.8 cm³/mol. The Hall–Kier alpha value is -1.65. The SMILES string of the molecule is C(#Cc1ccc(SCc2ccccc2)cc1)[C]1[CH][CH][CH][CH]1. The average Bonchev–Trinajstić information content (AvgIpc) is 3.06. The van der Waals surface area contributed by atoms with Crippen molar-refractivity contribution in [2.24, 2.45) is 0 Å². The van der Waals surface area contributed by atoms with E-state index in [0.29, 0.717) is 0 Å². The molecular weight excluding hydrogens is 272 g/mol. The zero-order valence-electron chi connectivity index (χ0n) is 11.6. The van der Waals surface area contributed by atoms with Crippen molar-refractivity contribution in [3.8, 4) is 11.8 Å². The average molecular weight is 287 g/mol. The first-order chi connectivity index (χ1) is 10.4. The Morgan fingerprint density at radius 1 is 0.762 bits per heavy atom. The normalized spacial score (nSPS) is 14.7. The molecular formula is C20H15S. The van der Waals surface area contributed by atoms with Crippen molar-refractivity contribution in [1.82, 2.24) is 0 Å². The van der Waals surface area contributed by atoms with Gasteiger partial charge in [-0.25, -0.2) is 0 Å². The molecule has 0 saturated heterocycles. The Balaban J connectivity index is 1.56. The summed E-state index contributed by atoms with van der Waals surface area (Å²) < 4.78 is 0. The van der Waals surface area contributed by atoms with Gasteiger partial charge in [0.15, 0.2) is 0 Å². The summed E-state index contributed by atoms with van der Waals surface area (Å²) in [7, 11) is 0. The fourth-order valence-corrected chi connectivity index (χ4v) is 2.83. The van der Waals surface area contributed by atoms with Gasteiger partial charge in [-0.3, -0.25) is 0 Å². The first-order valence-electron chi connectivity index (χ1n) is 6.91. The minimum atomic E-state index is 0.999. The Bertz CT molecular complexity index is 610. The summed E-state index contributed by atoms with van der Waals surface area (Å²) in [4.78, 5) is 1.28. The van der Waals surface area contributed by atoms with Gasteiger partial charge in [0, 0.05) is 16.2 Å². The van der Waals surface area contributed by atoms with Gasteiger partial charge < -0.3 is 0 Å². The highest BCUT2D eigenvalue weighted by atomic mass is 32.2. The van der Waals surface area contributed by atoms with Crippen LogP contribution < -0.4 is 0 Å². The van der Waals surface area contributed by atoms with Crippen LogP contribution in [0.2, 0.25) is 0 Å². The first kappa shape index (κ1) is 14.3. The smallest absolute Gasteiger partial charge is 0.0558 e. The van der Waals surface area contributed by atoms with E-state index in [4.69, 9.17) is 0 Å². The van der Waals surface area contributed by atoms with Crippen LogP contribution in [-0.2, 0) is 5.75 Å². The molecule has 0 bridgehead atoms. The third-order valence-corrected chi connectivity index (χ3v) is 4.20. The molecule has 1 saturated carbocycles. The van der Waals surface area contributed by atoms with Crippen LogP contribution in [0.25, 0.3) is 0 Å². The van der Waals surface area contributed by atoms with Gasteiger partial charge in [-0.15, -0.1) is 11.8 Å². The highest BCUT2D eigenvalue weighted by Crippen LogP contribution is 2.24. The molecule has 0 aliphatic heterocycles. The molecule has 0 N–H and O–H groups in total. The van der Waals surface area contributed by atoms with Crippen LogP contribution in [0.1, 0.15) is 11.1 Å². The van der Waals surface area contributed by atoms with Crippen molar-refractivity contribution in [2.75, 3.05) is 0 Å². The summed E-state index contributed by atoms with van der Waals surface area (Å²) in [5.41, 5.74) is 2.41. The molecule has 0 aromatic heterocycles. The first-order valence-corrected chi connectivity index (χ1v) is 7.89. The summed E-state index contributed by atoms with van der Waals surface area (Å²) in [6, 6.07) is 19.0. The van der Waals surface area contributed by atoms with E-state index in [-0.39, 0.29) is 0 Å². The van der Waals surface area contributed by atoms with Gasteiger partial charge in [-0.05, 0) is 55.5 Å². The van der Waals surface area contributed by atoms with Gasteiger partial charge in [0.1, 0.15) is 0 Å². The van der Waals surface area contributed by atoms with Crippen molar-refractivity contribution < 1.29 is 0 Å². The van der Waals surface area contributed by atoms with E-state index >= 15 is 0 Å². The number of thioether (sulfide) groups is 1. The van der Waals surface area contributed by atoms with Crippen molar-refractivity contribution in [2.45, 2.75) is 10.6 Å². The molecule has 2 aromatic carbocycles. The minimum absolute atomic E-state index is 0.999. The molecule has 2 aromatic rings. The zero-order valence-corrected chi connectivity index (χ0v) is 12.4. The summed E-state index contributed by atoms with van der Waals surface area (Å²) >= 11 is 1.85. The Morgan fingerprint density at radius 2 is 1.48 bits per heavy atom. The maximum atomic E-state index is 3.19. The van der Waals surface area contributed by atoms with Gasteiger partial charge in [-0.2, -0.15) is 0 Å². The van der Waals surface area contributed by atoms with Crippen LogP contribution in [0.5, 0.6) is 0 Å². The second-order valence-corrected chi connectivity index (χ2v) is 5.77. The lowest BCUT2D eigenvalue weighted by Gasteiger charge is -2.02. The Kier molecular flexibility index (Phi) is 5.03. The molecule has 1 heteroatoms. The molecule has 1 fully saturated rings. The van der Waals surface area contributed by atoms with Gasteiger partial charge >= 0.3 is 0 Å². The lowest BCUT2D eigenvalue weighted by atomic mass is 10.1. The maximum absolute atomic E-state index is 3.19. The van der Waals surface area contributed by atoms with Crippen molar-refractivity contribution >= 4 is 11.8 Å². The van der Waals surface area contributed by atoms with Crippen LogP contribution in [-0.4, -0.2) is 0 Å². The molecule has 21 heavy (non-hydrogen) atoms. The monoisotopic (exact) mass is 287 g/mol. The number of rotatable bonds is 3. The molecule has 5 radical (unpaired) electrons. The molecule has 0 amide bonds. The van der Waals surface area contributed by atoms with Gasteiger partial charge in [0.25, 0.3) is 0 Å². The van der Waals surface area contributed by atoms with Crippen LogP contribution in [0.4, 0.5) is 0 Å². The van der Waals surface area contributed by atoms with Gasteiger partial charge in [0.2, 0.25) is 0 Å². The molecule has 0 spiro atoms. The van der Waals surface area contributed by atoms with E-state index in [2.05, 4.69) is 60.4 Å². The Morgan fingerprint density at radius 3 is 2.19 bits per heavy atom. The third-order valence-electron chi connectivity index (χ3n) is 3.12. The predicted octanol–water partition coefficient (Wildman–Crippen LogP) is 4.74. The lowest BCUT2D eigenvalue weighted by molar-refractivity contribution is 1.37. The molecule has 1 aliphatic carbocycles. The molecule has 0 atom stereocenters. The second kappa shape index (κ2) is 7.38. The van der Waals surface area contributed by atoms with Crippen LogP contribution in [0.15, 0.2) is 59.5 Å². The highest BCUT2D eigenvalue weighted by molar-refractivity contribution is 7.98.